The minimum atomic E-state index is 0. The van der Waals surface area contributed by atoms with Crippen LogP contribution in [0.5, 0.6) is 0 Å². The number of benzene rings is 1. The molecule has 10 heavy (non-hydrogen) atoms. The van der Waals surface area contributed by atoms with Crippen molar-refractivity contribution < 1.29 is 0 Å². The molecule has 1 aromatic rings. The molecule has 1 nitrogen and oxygen atoms in total. The van der Waals surface area contributed by atoms with E-state index < -0.39 is 0 Å². The lowest BCUT2D eigenvalue weighted by Crippen LogP contribution is -1.85. The molecule has 0 fully saturated rings. The van der Waals surface area contributed by atoms with E-state index in [0.29, 0.717) is 0 Å². The van der Waals surface area contributed by atoms with Gasteiger partial charge in [-0.15, -0.1) is 17.0 Å². The molecule has 1 N–H and O–H groups in total. The normalized spacial score (nSPS) is 8.20. The van der Waals surface area contributed by atoms with E-state index in [1.54, 1.807) is 0 Å². The molecule has 0 spiro atoms. The molecule has 0 unspecified atom stereocenters. The van der Waals surface area contributed by atoms with Crippen molar-refractivity contribution in [3.05, 3.63) is 28.7 Å². The first-order chi connectivity index (χ1) is 4.33. The number of rotatable bonds is 1. The predicted octanol–water partition coefficient (Wildman–Crippen LogP) is 3.07. The Kier molecular flexibility index (Phi) is 4.73. The van der Waals surface area contributed by atoms with E-state index in [0.717, 1.165) is 10.2 Å². The fourth-order valence-electron chi connectivity index (χ4n) is 0.644. The van der Waals surface area contributed by atoms with Gasteiger partial charge in [0, 0.05) is 17.2 Å². The van der Waals surface area contributed by atoms with Gasteiger partial charge >= 0.3 is 0 Å². The Morgan fingerprint density at radius 3 is 2.50 bits per heavy atom. The first kappa shape index (κ1) is 9.98. The third-order valence-electron chi connectivity index (χ3n) is 1.11. The maximum Gasteiger partial charge on any atom is 0.0348 e. The summed E-state index contributed by atoms with van der Waals surface area (Å²) in [6.45, 7) is 0. The zero-order valence-electron chi connectivity index (χ0n) is 5.60. The van der Waals surface area contributed by atoms with Crippen LogP contribution >= 0.6 is 32.9 Å². The molecule has 0 aromatic heterocycles. The summed E-state index contributed by atoms with van der Waals surface area (Å²) in [5, 5.41) is 3.04. The quantitative estimate of drug-likeness (QED) is 0.824. The molecule has 56 valence electrons. The van der Waals surface area contributed by atoms with Crippen molar-refractivity contribution in [3.63, 3.8) is 0 Å². The fourth-order valence-corrected chi connectivity index (χ4v) is 1.04. The summed E-state index contributed by atoms with van der Waals surface area (Å²) < 4.78 is 1.11. The number of halogens is 2. The van der Waals surface area contributed by atoms with Crippen LogP contribution in [0.4, 0.5) is 5.69 Å². The summed E-state index contributed by atoms with van der Waals surface area (Å²) in [7, 11) is 1.90. The van der Waals surface area contributed by atoms with Gasteiger partial charge in [0.15, 0.2) is 0 Å². The Bertz CT molecular complexity index is 201. The monoisotopic (exact) mass is 265 g/mol. The van der Waals surface area contributed by atoms with Gasteiger partial charge in [-0.05, 0) is 18.2 Å². The lowest BCUT2D eigenvalue weighted by molar-refractivity contribution is 1.50. The first-order valence-corrected chi connectivity index (χ1v) is 3.55. The second-order valence-corrected chi connectivity index (χ2v) is 2.68. The zero-order chi connectivity index (χ0) is 6.69. The molecule has 0 bridgehead atoms. The van der Waals surface area contributed by atoms with Crippen LogP contribution in [0.25, 0.3) is 0 Å². The van der Waals surface area contributed by atoms with E-state index in [2.05, 4.69) is 21.2 Å². The minimum Gasteiger partial charge on any atom is -0.388 e. The van der Waals surface area contributed by atoms with Gasteiger partial charge in [0.1, 0.15) is 0 Å². The Morgan fingerprint density at radius 1 is 1.40 bits per heavy atom. The Labute approximate surface area is 79.7 Å². The molecule has 0 atom stereocenters. The van der Waals surface area contributed by atoms with Gasteiger partial charge in [0.25, 0.3) is 0 Å². The molecule has 0 aliphatic rings. The van der Waals surface area contributed by atoms with Crippen LogP contribution in [0.1, 0.15) is 0 Å². The lowest BCUT2D eigenvalue weighted by Gasteiger charge is -1.97. The van der Waals surface area contributed by atoms with Crippen LogP contribution < -0.4 is 5.32 Å². The van der Waals surface area contributed by atoms with Gasteiger partial charge in [-0.2, -0.15) is 0 Å². The summed E-state index contributed by atoms with van der Waals surface area (Å²) in [6, 6.07) is 8.04. The maximum absolute atomic E-state index is 3.36. The third kappa shape index (κ3) is 2.71. The highest BCUT2D eigenvalue weighted by molar-refractivity contribution is 9.10. The topological polar surface area (TPSA) is 12.0 Å². The standard InChI is InChI=1S/C7H8BrN.BrH/c1-9-7-4-2-3-6(8)5-7;/h2-5,9H,1H3;1H. The van der Waals surface area contributed by atoms with Gasteiger partial charge in [0.2, 0.25) is 0 Å². The average molecular weight is 267 g/mol. The molecule has 1 aromatic carbocycles. The number of nitrogens with one attached hydrogen (secondary N) is 1. The van der Waals surface area contributed by atoms with Crippen molar-refractivity contribution in [1.82, 2.24) is 0 Å². The molecule has 3 heteroatoms. The van der Waals surface area contributed by atoms with Gasteiger partial charge in [-0.3, -0.25) is 0 Å². The summed E-state index contributed by atoms with van der Waals surface area (Å²) >= 11 is 3.36. The number of hydrogen-bond donors (Lipinski definition) is 1. The summed E-state index contributed by atoms with van der Waals surface area (Å²) in [4.78, 5) is 0. The molecule has 0 aliphatic heterocycles. The molecule has 1 rings (SSSR count). The molecular formula is C7H9Br2N. The van der Waals surface area contributed by atoms with Crippen LogP contribution in [0, 0.1) is 0 Å². The molecule has 0 saturated heterocycles. The van der Waals surface area contributed by atoms with Crippen LogP contribution in [0.15, 0.2) is 28.7 Å². The van der Waals surface area contributed by atoms with E-state index >= 15 is 0 Å². The van der Waals surface area contributed by atoms with E-state index in [4.69, 9.17) is 0 Å². The van der Waals surface area contributed by atoms with Crippen LogP contribution in [0.3, 0.4) is 0 Å². The van der Waals surface area contributed by atoms with Gasteiger partial charge in [0.05, 0.1) is 0 Å². The second-order valence-electron chi connectivity index (χ2n) is 1.76. The highest BCUT2D eigenvalue weighted by atomic mass is 79.9. The molecule has 0 amide bonds. The highest BCUT2D eigenvalue weighted by Crippen LogP contribution is 2.14. The molecule has 0 heterocycles. The summed E-state index contributed by atoms with van der Waals surface area (Å²) in [6.07, 6.45) is 0. The number of hydrogen-bond acceptors (Lipinski definition) is 1. The van der Waals surface area contributed by atoms with Crippen molar-refractivity contribution >= 4 is 38.6 Å². The van der Waals surface area contributed by atoms with E-state index in [1.165, 1.54) is 0 Å². The Morgan fingerprint density at radius 2 is 2.10 bits per heavy atom. The Balaban J connectivity index is 0.000000810. The maximum atomic E-state index is 3.36. The van der Waals surface area contributed by atoms with Crippen molar-refractivity contribution in [1.29, 1.82) is 0 Å². The van der Waals surface area contributed by atoms with Crippen molar-refractivity contribution in [2.45, 2.75) is 0 Å². The van der Waals surface area contributed by atoms with Gasteiger partial charge in [-0.1, -0.05) is 22.0 Å². The van der Waals surface area contributed by atoms with E-state index in [-0.39, 0.29) is 17.0 Å². The average Bonchev–Trinajstić information content (AvgIpc) is 1.88. The first-order valence-electron chi connectivity index (χ1n) is 2.76. The Hall–Kier alpha value is -0.0200. The largest absolute Gasteiger partial charge is 0.388 e. The van der Waals surface area contributed by atoms with Crippen LogP contribution in [-0.2, 0) is 0 Å². The van der Waals surface area contributed by atoms with Crippen LogP contribution in [-0.4, -0.2) is 7.05 Å². The smallest absolute Gasteiger partial charge is 0.0348 e. The molecule has 0 aliphatic carbocycles. The molecule has 0 radical (unpaired) electrons. The SMILES string of the molecule is Br.CNc1cccc(Br)c1. The molecular weight excluding hydrogens is 258 g/mol. The second kappa shape index (κ2) is 4.74. The highest BCUT2D eigenvalue weighted by Gasteiger charge is 1.86. The van der Waals surface area contributed by atoms with Crippen LogP contribution in [0.2, 0.25) is 0 Å². The minimum absolute atomic E-state index is 0. The van der Waals surface area contributed by atoms with Gasteiger partial charge in [-0.25, -0.2) is 0 Å². The predicted molar refractivity (Wildman–Crippen MR) is 54.0 cm³/mol. The number of anilines is 1. The van der Waals surface area contributed by atoms with Gasteiger partial charge < -0.3 is 5.32 Å². The summed E-state index contributed by atoms with van der Waals surface area (Å²) in [5.74, 6) is 0. The third-order valence-corrected chi connectivity index (χ3v) is 1.61. The van der Waals surface area contributed by atoms with Crippen molar-refractivity contribution in [2.75, 3.05) is 12.4 Å². The van der Waals surface area contributed by atoms with Crippen molar-refractivity contribution in [2.24, 2.45) is 0 Å². The zero-order valence-corrected chi connectivity index (χ0v) is 8.89. The lowest BCUT2D eigenvalue weighted by atomic mass is 10.3. The summed E-state index contributed by atoms with van der Waals surface area (Å²) in [5.41, 5.74) is 1.13. The van der Waals surface area contributed by atoms with E-state index in [1.807, 2.05) is 31.3 Å². The molecule has 0 saturated carbocycles. The van der Waals surface area contributed by atoms with E-state index in [9.17, 15) is 0 Å². The fraction of sp³-hybridized carbons (Fsp3) is 0.143. The van der Waals surface area contributed by atoms with Crippen molar-refractivity contribution in [3.8, 4) is 0 Å².